The average molecular weight is 357 g/mol. The molecule has 0 spiro atoms. The van der Waals surface area contributed by atoms with Gasteiger partial charge in [-0.2, -0.15) is 10.2 Å². The van der Waals surface area contributed by atoms with Gasteiger partial charge < -0.3 is 5.32 Å². The number of hydrogen-bond acceptors (Lipinski definition) is 7. The van der Waals surface area contributed by atoms with Gasteiger partial charge in [0.15, 0.2) is 0 Å². The summed E-state index contributed by atoms with van der Waals surface area (Å²) in [6.45, 7) is 3.06. The summed E-state index contributed by atoms with van der Waals surface area (Å²) in [7, 11) is 0. The number of nitrogens with one attached hydrogen (secondary N) is 1. The number of hydrogen-bond donors (Lipinski definition) is 1. The van der Waals surface area contributed by atoms with Crippen LogP contribution in [0, 0.1) is 20.2 Å². The number of nitro groups is 2. The van der Waals surface area contributed by atoms with E-state index in [4.69, 9.17) is 0 Å². The summed E-state index contributed by atoms with van der Waals surface area (Å²) in [5.41, 5.74) is 0.533. The van der Waals surface area contributed by atoms with Crippen molar-refractivity contribution in [1.82, 2.24) is 0 Å². The Morgan fingerprint density at radius 3 is 2.12 bits per heavy atom. The van der Waals surface area contributed by atoms with Gasteiger partial charge in [-0.15, -0.1) is 0 Å². The Kier molecular flexibility index (Phi) is 6.72. The summed E-state index contributed by atoms with van der Waals surface area (Å²) in [6.07, 6.45) is 3.46. The number of nitrogens with zero attached hydrogens (tertiary/aromatic N) is 4. The van der Waals surface area contributed by atoms with E-state index in [2.05, 4.69) is 22.5 Å². The topological polar surface area (TPSA) is 123 Å². The van der Waals surface area contributed by atoms with Crippen LogP contribution in [0.25, 0.3) is 0 Å². The first-order valence-electron chi connectivity index (χ1n) is 8.19. The van der Waals surface area contributed by atoms with Crippen LogP contribution in [-0.4, -0.2) is 16.4 Å². The molecule has 0 aromatic heterocycles. The summed E-state index contributed by atoms with van der Waals surface area (Å²) >= 11 is 0. The molecule has 0 atom stereocenters. The van der Waals surface area contributed by atoms with E-state index in [0.717, 1.165) is 30.8 Å². The molecule has 0 fully saturated rings. The molecular formula is C17H19N5O4. The van der Waals surface area contributed by atoms with Crippen LogP contribution in [0.15, 0.2) is 52.7 Å². The van der Waals surface area contributed by atoms with Crippen molar-refractivity contribution in [3.8, 4) is 0 Å². The van der Waals surface area contributed by atoms with Crippen LogP contribution in [0.3, 0.4) is 0 Å². The van der Waals surface area contributed by atoms with E-state index in [1.165, 1.54) is 18.9 Å². The molecule has 0 saturated heterocycles. The van der Waals surface area contributed by atoms with Crippen LogP contribution < -0.4 is 5.32 Å². The minimum absolute atomic E-state index is 0.170. The molecule has 2 aromatic carbocycles. The van der Waals surface area contributed by atoms with Gasteiger partial charge in [0, 0.05) is 18.3 Å². The molecule has 2 rings (SSSR count). The Morgan fingerprint density at radius 1 is 0.885 bits per heavy atom. The smallest absolute Gasteiger partial charge is 0.348 e. The first-order valence-corrected chi connectivity index (χ1v) is 8.19. The largest absolute Gasteiger partial charge is 0.385 e. The molecule has 0 unspecified atom stereocenters. The second kappa shape index (κ2) is 9.21. The molecule has 26 heavy (non-hydrogen) atoms. The van der Waals surface area contributed by atoms with E-state index < -0.39 is 21.2 Å². The van der Waals surface area contributed by atoms with Crippen LogP contribution in [0.4, 0.5) is 28.4 Å². The Balaban J connectivity index is 2.06. The van der Waals surface area contributed by atoms with Crippen molar-refractivity contribution in [2.75, 3.05) is 11.9 Å². The van der Waals surface area contributed by atoms with Crippen molar-refractivity contribution < 1.29 is 9.85 Å². The number of anilines is 1. The summed E-state index contributed by atoms with van der Waals surface area (Å²) in [5.74, 6) is 0. The molecular weight excluding hydrogens is 338 g/mol. The Labute approximate surface area is 150 Å². The minimum Gasteiger partial charge on any atom is -0.385 e. The van der Waals surface area contributed by atoms with Gasteiger partial charge in [0.2, 0.25) is 0 Å². The SMILES string of the molecule is CCCCCNc1ccc(N=Nc2ccc([N+](=O)[O-])c([N+](=O)[O-])c2)cc1. The third kappa shape index (κ3) is 5.33. The molecule has 9 nitrogen and oxygen atoms in total. The number of rotatable bonds is 9. The molecule has 0 heterocycles. The highest BCUT2D eigenvalue weighted by molar-refractivity contribution is 5.60. The van der Waals surface area contributed by atoms with Gasteiger partial charge in [-0.05, 0) is 36.8 Å². The molecule has 0 saturated carbocycles. The molecule has 9 heteroatoms. The lowest BCUT2D eigenvalue weighted by atomic mass is 10.2. The van der Waals surface area contributed by atoms with Crippen molar-refractivity contribution in [2.45, 2.75) is 26.2 Å². The summed E-state index contributed by atoms with van der Waals surface area (Å²) in [6, 6.07) is 10.7. The molecule has 0 aliphatic carbocycles. The Morgan fingerprint density at radius 2 is 1.50 bits per heavy atom. The number of azo groups is 1. The highest BCUT2D eigenvalue weighted by Gasteiger charge is 2.24. The highest BCUT2D eigenvalue weighted by Crippen LogP contribution is 2.31. The molecule has 0 amide bonds. The lowest BCUT2D eigenvalue weighted by Crippen LogP contribution is -2.00. The van der Waals surface area contributed by atoms with Gasteiger partial charge in [0.05, 0.1) is 27.3 Å². The third-order valence-electron chi connectivity index (χ3n) is 3.61. The van der Waals surface area contributed by atoms with Crippen LogP contribution in [0.1, 0.15) is 26.2 Å². The maximum absolute atomic E-state index is 10.9. The quantitative estimate of drug-likeness (QED) is 0.274. The van der Waals surface area contributed by atoms with Crippen molar-refractivity contribution in [1.29, 1.82) is 0 Å². The second-order valence-corrected chi connectivity index (χ2v) is 5.57. The van der Waals surface area contributed by atoms with Crippen LogP contribution in [0.2, 0.25) is 0 Å². The number of benzene rings is 2. The normalized spacial score (nSPS) is 10.8. The van der Waals surface area contributed by atoms with Crippen LogP contribution in [0.5, 0.6) is 0 Å². The van der Waals surface area contributed by atoms with Gasteiger partial charge in [-0.1, -0.05) is 19.8 Å². The van der Waals surface area contributed by atoms with E-state index in [1.807, 2.05) is 12.1 Å². The maximum atomic E-state index is 10.9. The lowest BCUT2D eigenvalue weighted by Gasteiger charge is -2.05. The molecule has 2 aromatic rings. The minimum atomic E-state index is -0.809. The van der Waals surface area contributed by atoms with Crippen LogP contribution >= 0.6 is 0 Å². The van der Waals surface area contributed by atoms with E-state index in [0.29, 0.717) is 5.69 Å². The number of unbranched alkanes of at least 4 members (excludes halogenated alkanes) is 2. The first-order chi connectivity index (χ1) is 12.5. The fourth-order valence-electron chi connectivity index (χ4n) is 2.24. The van der Waals surface area contributed by atoms with Crippen molar-refractivity contribution in [3.63, 3.8) is 0 Å². The molecule has 1 N–H and O–H groups in total. The van der Waals surface area contributed by atoms with E-state index in [-0.39, 0.29) is 5.69 Å². The standard InChI is InChI=1S/C17H19N5O4/c1-2-3-4-11-18-13-5-7-14(8-6-13)19-20-15-9-10-16(21(23)24)17(12-15)22(25)26/h5-10,12,18H,2-4,11H2,1H3. The zero-order valence-corrected chi connectivity index (χ0v) is 14.3. The van der Waals surface area contributed by atoms with E-state index in [9.17, 15) is 20.2 Å². The second-order valence-electron chi connectivity index (χ2n) is 5.57. The highest BCUT2D eigenvalue weighted by atomic mass is 16.6. The average Bonchev–Trinajstić information content (AvgIpc) is 2.64. The Hall–Kier alpha value is -3.36. The van der Waals surface area contributed by atoms with E-state index in [1.54, 1.807) is 12.1 Å². The van der Waals surface area contributed by atoms with Gasteiger partial charge in [0.25, 0.3) is 0 Å². The van der Waals surface area contributed by atoms with Crippen LogP contribution in [-0.2, 0) is 0 Å². The van der Waals surface area contributed by atoms with E-state index >= 15 is 0 Å². The van der Waals surface area contributed by atoms with Gasteiger partial charge in [-0.25, -0.2) is 0 Å². The molecule has 0 bridgehead atoms. The lowest BCUT2D eigenvalue weighted by molar-refractivity contribution is -0.422. The fourth-order valence-corrected chi connectivity index (χ4v) is 2.24. The molecule has 0 aliphatic rings. The fraction of sp³-hybridized carbons (Fsp3) is 0.294. The summed E-state index contributed by atoms with van der Waals surface area (Å²) in [4.78, 5) is 20.1. The third-order valence-corrected chi connectivity index (χ3v) is 3.61. The summed E-state index contributed by atoms with van der Waals surface area (Å²) in [5, 5.41) is 33.0. The predicted octanol–water partition coefficient (Wildman–Crippen LogP) is 5.52. The monoisotopic (exact) mass is 357 g/mol. The zero-order valence-electron chi connectivity index (χ0n) is 14.3. The first kappa shape index (κ1) is 19.0. The van der Waals surface area contributed by atoms with Gasteiger partial charge >= 0.3 is 11.4 Å². The maximum Gasteiger partial charge on any atom is 0.348 e. The van der Waals surface area contributed by atoms with Gasteiger partial charge in [0.1, 0.15) is 0 Å². The predicted molar refractivity (Wildman–Crippen MR) is 98.4 cm³/mol. The number of nitro benzene ring substituents is 2. The Bertz CT molecular complexity index is 805. The van der Waals surface area contributed by atoms with Crippen molar-refractivity contribution >= 4 is 28.4 Å². The molecule has 0 aliphatic heterocycles. The van der Waals surface area contributed by atoms with Gasteiger partial charge in [-0.3, -0.25) is 20.2 Å². The van der Waals surface area contributed by atoms with Crippen molar-refractivity contribution in [2.24, 2.45) is 10.2 Å². The van der Waals surface area contributed by atoms with Crippen molar-refractivity contribution in [3.05, 3.63) is 62.7 Å². The molecule has 136 valence electrons. The zero-order chi connectivity index (χ0) is 18.9. The molecule has 0 radical (unpaired) electrons. The summed E-state index contributed by atoms with van der Waals surface area (Å²) < 4.78 is 0.